The van der Waals surface area contributed by atoms with Crippen molar-refractivity contribution < 1.29 is 42.3 Å². The van der Waals surface area contributed by atoms with Crippen molar-refractivity contribution in [1.82, 2.24) is 0 Å². The van der Waals surface area contributed by atoms with E-state index in [1.54, 1.807) is 18.2 Å². The molecule has 2 aromatic carbocycles. The molecule has 2 fully saturated rings. The number of rotatable bonds is 17. The molecule has 2 heterocycles. The van der Waals surface area contributed by atoms with Crippen LogP contribution >= 0.6 is 11.6 Å². The Balaban J connectivity index is 1.77. The molecule has 10 heteroatoms. The fourth-order valence-corrected chi connectivity index (χ4v) is 5.90. The van der Waals surface area contributed by atoms with E-state index in [4.69, 9.17) is 40.0 Å². The van der Waals surface area contributed by atoms with E-state index in [-0.39, 0.29) is 30.9 Å². The van der Waals surface area contributed by atoms with E-state index in [2.05, 4.69) is 20.8 Å². The third-order valence-electron chi connectivity index (χ3n) is 8.22. The van der Waals surface area contributed by atoms with Crippen LogP contribution in [0.4, 0.5) is 8.78 Å². The zero-order valence-corrected chi connectivity index (χ0v) is 26.4. The normalized spacial score (nSPS) is 26.7. The SMILES string of the molecule is CCCCO[C@@H]1[C@@H](OCCCC)[C@@]2(c3ccc(Cl)c(Cc4ccc(OC)c(F)c4F)c3)OC[C@](CO)(O2)[C@H]1OCCCC. The van der Waals surface area contributed by atoms with Crippen LogP contribution in [0.2, 0.25) is 5.02 Å². The molecular formula is C33H45ClF2O7. The highest BCUT2D eigenvalue weighted by atomic mass is 35.5. The van der Waals surface area contributed by atoms with Crippen molar-refractivity contribution in [2.75, 3.05) is 40.1 Å². The minimum absolute atomic E-state index is 0.0151. The van der Waals surface area contributed by atoms with Gasteiger partial charge in [0.1, 0.15) is 23.9 Å². The highest BCUT2D eigenvalue weighted by Gasteiger charge is 2.69. The molecule has 1 N–H and O–H groups in total. The van der Waals surface area contributed by atoms with E-state index < -0.39 is 41.3 Å². The Morgan fingerprint density at radius 1 is 0.884 bits per heavy atom. The lowest BCUT2D eigenvalue weighted by Crippen LogP contribution is -2.67. The van der Waals surface area contributed by atoms with Crippen LogP contribution in [0, 0.1) is 11.6 Å². The number of ether oxygens (including phenoxy) is 6. The maximum absolute atomic E-state index is 14.9. The molecule has 2 saturated heterocycles. The number of fused-ring (bicyclic) bond motifs is 2. The summed E-state index contributed by atoms with van der Waals surface area (Å²) in [5, 5.41) is 11.1. The van der Waals surface area contributed by atoms with E-state index in [0.717, 1.165) is 38.5 Å². The molecule has 0 radical (unpaired) electrons. The van der Waals surface area contributed by atoms with Gasteiger partial charge in [0.25, 0.3) is 0 Å². The van der Waals surface area contributed by atoms with Gasteiger partial charge in [-0.15, -0.1) is 0 Å². The Labute approximate surface area is 258 Å². The van der Waals surface area contributed by atoms with Crippen LogP contribution in [-0.2, 0) is 35.9 Å². The van der Waals surface area contributed by atoms with Gasteiger partial charge in [-0.25, -0.2) is 4.39 Å². The van der Waals surface area contributed by atoms with Crippen molar-refractivity contribution in [2.24, 2.45) is 0 Å². The summed E-state index contributed by atoms with van der Waals surface area (Å²) < 4.78 is 67.1. The second kappa shape index (κ2) is 15.4. The van der Waals surface area contributed by atoms with Gasteiger partial charge in [0.15, 0.2) is 11.6 Å². The number of hydrogen-bond donors (Lipinski definition) is 1. The molecule has 2 bridgehead atoms. The summed E-state index contributed by atoms with van der Waals surface area (Å²) in [6.45, 7) is 7.36. The highest BCUT2D eigenvalue weighted by molar-refractivity contribution is 6.31. The average molecular weight is 627 g/mol. The Kier molecular flexibility index (Phi) is 12.2. The molecule has 2 aromatic rings. The van der Waals surface area contributed by atoms with Crippen molar-refractivity contribution in [3.63, 3.8) is 0 Å². The van der Waals surface area contributed by atoms with Crippen LogP contribution in [-0.4, -0.2) is 69.2 Å². The largest absolute Gasteiger partial charge is 0.494 e. The molecule has 240 valence electrons. The standard InChI is InChI=1S/C33H45ClF2O7/c1-5-8-15-39-29-30(40-16-9-6-2)32(20-37)21-42-33(43-32,31(29)41-17-10-7-3)24-12-13-25(34)23(19-24)18-22-11-14-26(38-4)28(36)27(22)35/h11-14,19,29-31,37H,5-10,15-18,20-21H2,1-4H3/t29-,30-,31+,32-,33-/m0/s1. The first-order valence-electron chi connectivity index (χ1n) is 15.4. The first-order chi connectivity index (χ1) is 20.8. The predicted molar refractivity (Wildman–Crippen MR) is 160 cm³/mol. The second-order valence-corrected chi connectivity index (χ2v) is 11.7. The van der Waals surface area contributed by atoms with Crippen LogP contribution in [0.3, 0.4) is 0 Å². The molecule has 43 heavy (non-hydrogen) atoms. The topological polar surface area (TPSA) is 75.6 Å². The van der Waals surface area contributed by atoms with Crippen LogP contribution in [0.5, 0.6) is 5.75 Å². The highest BCUT2D eigenvalue weighted by Crippen LogP contribution is 2.52. The van der Waals surface area contributed by atoms with Crippen molar-refractivity contribution in [1.29, 1.82) is 0 Å². The minimum atomic E-state index is -1.46. The number of methoxy groups -OCH3 is 1. The lowest BCUT2D eigenvalue weighted by atomic mass is 9.83. The molecule has 4 rings (SSSR count). The summed E-state index contributed by atoms with van der Waals surface area (Å²) in [7, 11) is 1.28. The van der Waals surface area contributed by atoms with Crippen LogP contribution in [0.15, 0.2) is 30.3 Å². The summed E-state index contributed by atoms with van der Waals surface area (Å²) >= 11 is 6.60. The number of aliphatic hydroxyl groups excluding tert-OH is 1. The van der Waals surface area contributed by atoms with Gasteiger partial charge in [-0.1, -0.05) is 63.8 Å². The summed E-state index contributed by atoms with van der Waals surface area (Å²) in [5.41, 5.74) is 0.0506. The van der Waals surface area contributed by atoms with Gasteiger partial charge in [-0.3, -0.25) is 0 Å². The van der Waals surface area contributed by atoms with Crippen molar-refractivity contribution in [3.8, 4) is 5.75 Å². The molecule has 0 saturated carbocycles. The van der Waals surface area contributed by atoms with E-state index in [9.17, 15) is 13.9 Å². The lowest BCUT2D eigenvalue weighted by molar-refractivity contribution is -0.349. The van der Waals surface area contributed by atoms with E-state index in [0.29, 0.717) is 36.0 Å². The van der Waals surface area contributed by atoms with Gasteiger partial charge in [0.2, 0.25) is 11.6 Å². The van der Waals surface area contributed by atoms with Crippen LogP contribution in [0.1, 0.15) is 76.0 Å². The first-order valence-corrected chi connectivity index (χ1v) is 15.8. The molecular weight excluding hydrogens is 582 g/mol. The van der Waals surface area contributed by atoms with Crippen LogP contribution < -0.4 is 4.74 Å². The van der Waals surface area contributed by atoms with Gasteiger partial charge in [-0.05, 0) is 48.6 Å². The Morgan fingerprint density at radius 3 is 2.16 bits per heavy atom. The first kappa shape index (κ1) is 34.0. The third-order valence-corrected chi connectivity index (χ3v) is 8.59. The molecule has 0 aromatic heterocycles. The molecule has 0 aliphatic carbocycles. The summed E-state index contributed by atoms with van der Waals surface area (Å²) in [6.07, 6.45) is 3.36. The molecule has 5 atom stereocenters. The predicted octanol–water partition coefficient (Wildman–Crippen LogP) is 6.72. The Bertz CT molecular complexity index is 1200. The molecule has 0 amide bonds. The fraction of sp³-hybridized carbons (Fsp3) is 0.636. The molecule has 2 aliphatic rings. The maximum atomic E-state index is 14.9. The smallest absolute Gasteiger partial charge is 0.225 e. The molecule has 7 nitrogen and oxygen atoms in total. The Morgan fingerprint density at radius 2 is 1.53 bits per heavy atom. The summed E-state index contributed by atoms with van der Waals surface area (Å²) in [5.74, 6) is -3.69. The summed E-state index contributed by atoms with van der Waals surface area (Å²) in [4.78, 5) is 0. The maximum Gasteiger partial charge on any atom is 0.225 e. The van der Waals surface area contributed by atoms with Gasteiger partial charge < -0.3 is 33.5 Å². The van der Waals surface area contributed by atoms with Gasteiger partial charge in [0.05, 0.1) is 20.3 Å². The number of benzene rings is 2. The number of halogens is 3. The van der Waals surface area contributed by atoms with Crippen molar-refractivity contribution in [3.05, 3.63) is 63.7 Å². The van der Waals surface area contributed by atoms with Crippen LogP contribution in [0.25, 0.3) is 0 Å². The molecule has 0 spiro atoms. The van der Waals surface area contributed by atoms with Gasteiger partial charge >= 0.3 is 0 Å². The van der Waals surface area contributed by atoms with Gasteiger partial charge in [-0.2, -0.15) is 4.39 Å². The Hall–Kier alpha value is -1.85. The van der Waals surface area contributed by atoms with Crippen molar-refractivity contribution in [2.45, 2.75) is 95.4 Å². The fourth-order valence-electron chi connectivity index (χ4n) is 5.72. The number of unbranched alkanes of at least 4 members (excludes halogenated alkanes) is 3. The molecule has 0 unspecified atom stereocenters. The second-order valence-electron chi connectivity index (χ2n) is 11.3. The zero-order valence-electron chi connectivity index (χ0n) is 25.6. The van der Waals surface area contributed by atoms with Crippen molar-refractivity contribution >= 4 is 11.6 Å². The average Bonchev–Trinajstić information content (AvgIpc) is 3.37. The van der Waals surface area contributed by atoms with Gasteiger partial charge in [0, 0.05) is 36.8 Å². The lowest BCUT2D eigenvalue weighted by Gasteiger charge is -2.50. The third kappa shape index (κ3) is 7.03. The van der Waals surface area contributed by atoms with E-state index >= 15 is 0 Å². The summed E-state index contributed by atoms with van der Waals surface area (Å²) in [6, 6.07) is 8.10. The van der Waals surface area contributed by atoms with E-state index in [1.165, 1.54) is 19.2 Å². The van der Waals surface area contributed by atoms with E-state index in [1.807, 2.05) is 0 Å². The minimum Gasteiger partial charge on any atom is -0.494 e. The monoisotopic (exact) mass is 626 g/mol. The zero-order chi connectivity index (χ0) is 31.0. The quantitative estimate of drug-likeness (QED) is 0.195. The number of aliphatic hydroxyl groups is 1. The molecule has 2 aliphatic heterocycles. The number of hydrogen-bond acceptors (Lipinski definition) is 7.